The number of nitrogens with zero attached hydrogens (tertiary/aromatic N) is 2. The van der Waals surface area contributed by atoms with Crippen LogP contribution in [0.1, 0.15) is 49.2 Å². The Labute approximate surface area is 139 Å². The molecule has 3 rings (SSSR count). The van der Waals surface area contributed by atoms with Crippen molar-refractivity contribution >= 4 is 27.5 Å². The lowest BCUT2D eigenvalue weighted by Crippen LogP contribution is -2.33. The lowest BCUT2D eigenvalue weighted by Gasteiger charge is -2.36. The van der Waals surface area contributed by atoms with Crippen LogP contribution in [0.5, 0.6) is 0 Å². The highest BCUT2D eigenvalue weighted by molar-refractivity contribution is 9.10. The number of hydrogen-bond donors (Lipinski definition) is 0. The van der Waals surface area contributed by atoms with Crippen LogP contribution in [0.3, 0.4) is 0 Å². The summed E-state index contributed by atoms with van der Waals surface area (Å²) in [5, 5.41) is 0.512. The number of halogens is 2. The topological polar surface area (TPSA) is 25.8 Å². The van der Waals surface area contributed by atoms with E-state index in [1.54, 1.807) is 0 Å². The van der Waals surface area contributed by atoms with Gasteiger partial charge in [0, 0.05) is 0 Å². The number of benzene rings is 1. The first-order valence-electron chi connectivity index (χ1n) is 7.39. The Balaban J connectivity index is 2.17. The van der Waals surface area contributed by atoms with Crippen LogP contribution in [0, 0.1) is 6.92 Å². The Morgan fingerprint density at radius 1 is 1.05 bits per heavy atom. The predicted octanol–water partition coefficient (Wildman–Crippen LogP) is 5.45. The molecule has 0 saturated heterocycles. The summed E-state index contributed by atoms with van der Waals surface area (Å²) < 4.78 is 0.798. The summed E-state index contributed by atoms with van der Waals surface area (Å²) in [6, 6.07) is 10.6. The zero-order chi connectivity index (χ0) is 14.9. The third-order valence-electron chi connectivity index (χ3n) is 4.44. The van der Waals surface area contributed by atoms with Crippen molar-refractivity contribution in [2.24, 2.45) is 0 Å². The summed E-state index contributed by atoms with van der Waals surface area (Å²) in [5.74, 6) is 0.874. The Bertz CT molecular complexity index is 613. The van der Waals surface area contributed by atoms with Gasteiger partial charge >= 0.3 is 0 Å². The van der Waals surface area contributed by atoms with Crippen molar-refractivity contribution in [3.8, 4) is 0 Å². The highest BCUT2D eigenvalue weighted by Gasteiger charge is 2.38. The van der Waals surface area contributed by atoms with E-state index in [-0.39, 0.29) is 5.41 Å². The summed E-state index contributed by atoms with van der Waals surface area (Å²) in [6.07, 6.45) is 5.90. The van der Waals surface area contributed by atoms with Gasteiger partial charge in [0.05, 0.1) is 15.6 Å². The monoisotopic (exact) mass is 364 g/mol. The van der Waals surface area contributed by atoms with E-state index >= 15 is 0 Å². The Morgan fingerprint density at radius 2 is 1.71 bits per heavy atom. The number of aromatic nitrogens is 2. The molecule has 1 heterocycles. The van der Waals surface area contributed by atoms with Gasteiger partial charge in [-0.2, -0.15) is 0 Å². The van der Waals surface area contributed by atoms with Gasteiger partial charge in [-0.15, -0.1) is 0 Å². The molecule has 1 aliphatic carbocycles. The second-order valence-corrected chi connectivity index (χ2v) is 6.90. The standard InChI is InChI=1S/C17H18BrClN2/c1-12-14(18)15(19)21-16(20-12)17(10-6-3-7-11-17)13-8-4-2-5-9-13/h2,4-5,8-9H,3,6-7,10-11H2,1H3. The van der Waals surface area contributed by atoms with Crippen LogP contribution in [0.2, 0.25) is 5.15 Å². The van der Waals surface area contributed by atoms with Gasteiger partial charge in [0.2, 0.25) is 0 Å². The molecule has 21 heavy (non-hydrogen) atoms. The second-order valence-electron chi connectivity index (χ2n) is 5.75. The quantitative estimate of drug-likeness (QED) is 0.661. The molecule has 1 aromatic carbocycles. The van der Waals surface area contributed by atoms with Gasteiger partial charge in [0.25, 0.3) is 0 Å². The molecule has 0 unspecified atom stereocenters. The van der Waals surface area contributed by atoms with E-state index in [1.807, 2.05) is 6.92 Å². The number of aryl methyl sites for hydroxylation is 1. The van der Waals surface area contributed by atoms with Gasteiger partial charge < -0.3 is 0 Å². The fourth-order valence-electron chi connectivity index (χ4n) is 3.29. The van der Waals surface area contributed by atoms with E-state index in [0.717, 1.165) is 28.8 Å². The van der Waals surface area contributed by atoms with E-state index in [2.05, 4.69) is 51.2 Å². The van der Waals surface area contributed by atoms with Crippen molar-refractivity contribution in [1.82, 2.24) is 9.97 Å². The van der Waals surface area contributed by atoms with E-state index in [0.29, 0.717) is 5.15 Å². The summed E-state index contributed by atoms with van der Waals surface area (Å²) in [4.78, 5) is 9.38. The summed E-state index contributed by atoms with van der Waals surface area (Å²) in [7, 11) is 0. The third-order valence-corrected chi connectivity index (χ3v) is 5.89. The maximum Gasteiger partial charge on any atom is 0.147 e. The molecular weight excluding hydrogens is 348 g/mol. The SMILES string of the molecule is Cc1nc(C2(c3ccccc3)CCCCC2)nc(Cl)c1Br. The van der Waals surface area contributed by atoms with Crippen LogP contribution in [0.25, 0.3) is 0 Å². The van der Waals surface area contributed by atoms with Gasteiger partial charge in [0.1, 0.15) is 11.0 Å². The predicted molar refractivity (Wildman–Crippen MR) is 89.8 cm³/mol. The molecular formula is C17H18BrClN2. The summed E-state index contributed by atoms with van der Waals surface area (Å²) >= 11 is 9.74. The van der Waals surface area contributed by atoms with Crippen LogP contribution >= 0.6 is 27.5 Å². The second kappa shape index (κ2) is 6.05. The smallest absolute Gasteiger partial charge is 0.147 e. The Hall–Kier alpha value is -0.930. The minimum absolute atomic E-state index is 0.0887. The Morgan fingerprint density at radius 3 is 2.33 bits per heavy atom. The minimum Gasteiger partial charge on any atom is -0.236 e. The van der Waals surface area contributed by atoms with E-state index in [4.69, 9.17) is 16.6 Å². The molecule has 0 spiro atoms. The number of hydrogen-bond acceptors (Lipinski definition) is 2. The largest absolute Gasteiger partial charge is 0.236 e. The average molecular weight is 366 g/mol. The number of rotatable bonds is 2. The van der Waals surface area contributed by atoms with Gasteiger partial charge in [-0.25, -0.2) is 9.97 Å². The van der Waals surface area contributed by atoms with Gasteiger partial charge in [-0.3, -0.25) is 0 Å². The maximum atomic E-state index is 6.29. The molecule has 1 aromatic heterocycles. The minimum atomic E-state index is -0.0887. The maximum absolute atomic E-state index is 6.29. The molecule has 0 N–H and O–H groups in total. The average Bonchev–Trinajstić information content (AvgIpc) is 2.53. The fourth-order valence-corrected chi connectivity index (χ4v) is 3.69. The summed E-state index contributed by atoms with van der Waals surface area (Å²) in [5.41, 5.74) is 2.13. The molecule has 0 aliphatic heterocycles. The highest BCUT2D eigenvalue weighted by atomic mass is 79.9. The lowest BCUT2D eigenvalue weighted by atomic mass is 9.68. The third kappa shape index (κ3) is 2.74. The van der Waals surface area contributed by atoms with Gasteiger partial charge in [-0.1, -0.05) is 61.2 Å². The molecule has 4 heteroatoms. The van der Waals surface area contributed by atoms with Crippen LogP contribution in [0.15, 0.2) is 34.8 Å². The van der Waals surface area contributed by atoms with Crippen molar-refractivity contribution in [2.45, 2.75) is 44.4 Å². The van der Waals surface area contributed by atoms with E-state index in [9.17, 15) is 0 Å². The normalized spacial score (nSPS) is 17.7. The molecule has 0 radical (unpaired) electrons. The molecule has 110 valence electrons. The molecule has 0 amide bonds. The first kappa shape index (κ1) is 15.0. The van der Waals surface area contributed by atoms with E-state index < -0.39 is 0 Å². The van der Waals surface area contributed by atoms with Gasteiger partial charge in [0.15, 0.2) is 0 Å². The van der Waals surface area contributed by atoms with Crippen molar-refractivity contribution in [1.29, 1.82) is 0 Å². The molecule has 2 nitrogen and oxygen atoms in total. The molecule has 0 atom stereocenters. The first-order valence-corrected chi connectivity index (χ1v) is 8.56. The fraction of sp³-hybridized carbons (Fsp3) is 0.412. The molecule has 1 fully saturated rings. The first-order chi connectivity index (χ1) is 10.1. The van der Waals surface area contributed by atoms with Crippen molar-refractivity contribution in [2.75, 3.05) is 0 Å². The van der Waals surface area contributed by atoms with Crippen LogP contribution in [0.4, 0.5) is 0 Å². The molecule has 2 aromatic rings. The zero-order valence-electron chi connectivity index (χ0n) is 12.1. The zero-order valence-corrected chi connectivity index (χ0v) is 14.4. The van der Waals surface area contributed by atoms with E-state index in [1.165, 1.54) is 24.8 Å². The highest BCUT2D eigenvalue weighted by Crippen LogP contribution is 2.44. The molecule has 1 saturated carbocycles. The molecule has 0 bridgehead atoms. The summed E-state index contributed by atoms with van der Waals surface area (Å²) in [6.45, 7) is 1.97. The Kier molecular flexibility index (Phi) is 4.32. The van der Waals surface area contributed by atoms with Crippen molar-refractivity contribution < 1.29 is 0 Å². The van der Waals surface area contributed by atoms with Crippen LogP contribution in [-0.4, -0.2) is 9.97 Å². The van der Waals surface area contributed by atoms with Crippen LogP contribution in [-0.2, 0) is 5.41 Å². The molecule has 1 aliphatic rings. The van der Waals surface area contributed by atoms with Crippen LogP contribution < -0.4 is 0 Å². The van der Waals surface area contributed by atoms with Crippen molar-refractivity contribution in [3.63, 3.8) is 0 Å². The van der Waals surface area contributed by atoms with Crippen molar-refractivity contribution in [3.05, 3.63) is 57.0 Å². The lowest BCUT2D eigenvalue weighted by molar-refractivity contribution is 0.329. The van der Waals surface area contributed by atoms with Gasteiger partial charge in [-0.05, 0) is 41.3 Å².